The molecule has 0 spiro atoms. The van der Waals surface area contributed by atoms with Crippen LogP contribution in [0.15, 0.2) is 24.3 Å². The highest BCUT2D eigenvalue weighted by Crippen LogP contribution is 2.24. The molecule has 1 aliphatic heterocycles. The lowest BCUT2D eigenvalue weighted by molar-refractivity contribution is -0.120. The van der Waals surface area contributed by atoms with Crippen molar-refractivity contribution in [1.29, 1.82) is 0 Å². The minimum atomic E-state index is -0.369. The van der Waals surface area contributed by atoms with Crippen molar-refractivity contribution < 1.29 is 9.59 Å². The summed E-state index contributed by atoms with van der Waals surface area (Å²) in [6.45, 7) is 4.77. The number of carbonyl (C=O) groups is 2. The average Bonchev–Trinajstić information content (AvgIpc) is 2.59. The number of nitrogens with zero attached hydrogens (tertiary/aromatic N) is 1. The third-order valence-electron chi connectivity index (χ3n) is 3.99. The first kappa shape index (κ1) is 15.5. The molecule has 1 atom stereocenters. The van der Waals surface area contributed by atoms with Crippen LogP contribution in [0.4, 0.5) is 5.69 Å². The molecule has 1 aromatic rings. The van der Waals surface area contributed by atoms with Gasteiger partial charge in [0, 0.05) is 6.54 Å². The van der Waals surface area contributed by atoms with Gasteiger partial charge in [0.15, 0.2) is 0 Å². The van der Waals surface area contributed by atoms with E-state index in [0.29, 0.717) is 24.2 Å². The smallest absolute Gasteiger partial charge is 0.256 e. The van der Waals surface area contributed by atoms with Crippen molar-refractivity contribution >= 4 is 17.5 Å². The fourth-order valence-electron chi connectivity index (χ4n) is 2.80. The van der Waals surface area contributed by atoms with Crippen LogP contribution in [0, 0.1) is 0 Å². The molecule has 2 amide bonds. The summed E-state index contributed by atoms with van der Waals surface area (Å²) in [6.07, 6.45) is 5.01. The minimum absolute atomic E-state index is 0.0349. The summed E-state index contributed by atoms with van der Waals surface area (Å²) in [4.78, 5) is 26.8. The Morgan fingerprint density at radius 2 is 1.86 bits per heavy atom. The molecular weight excluding hydrogens is 264 g/mol. The highest BCUT2D eigenvalue weighted by atomic mass is 16.2. The standard InChI is InChI=1S/C17H24N2O2/c1-3-5-6-9-12-19-15(4-2)16(20)18-14-11-8-7-10-13(14)17(19)21/h7-8,10-11,15H,3-6,9,12H2,1-2H3,(H,18,20)/t15-/m1/s1. The van der Waals surface area contributed by atoms with Gasteiger partial charge in [0.2, 0.25) is 5.91 Å². The Hall–Kier alpha value is -1.84. The second kappa shape index (κ2) is 7.25. The van der Waals surface area contributed by atoms with Gasteiger partial charge in [-0.05, 0) is 25.0 Å². The molecule has 21 heavy (non-hydrogen) atoms. The van der Waals surface area contributed by atoms with Crippen LogP contribution in [0.5, 0.6) is 0 Å². The molecule has 114 valence electrons. The van der Waals surface area contributed by atoms with Gasteiger partial charge in [-0.25, -0.2) is 0 Å². The van der Waals surface area contributed by atoms with Gasteiger partial charge in [0.1, 0.15) is 6.04 Å². The Balaban J connectivity index is 2.22. The molecule has 1 aromatic carbocycles. The predicted molar refractivity (Wildman–Crippen MR) is 84.3 cm³/mol. The second-order valence-corrected chi connectivity index (χ2v) is 5.52. The third-order valence-corrected chi connectivity index (χ3v) is 3.99. The zero-order valence-corrected chi connectivity index (χ0v) is 12.9. The van der Waals surface area contributed by atoms with Gasteiger partial charge in [0.25, 0.3) is 5.91 Å². The molecule has 0 fully saturated rings. The SMILES string of the molecule is CCCCCCN1C(=O)c2ccccc2NC(=O)[C@H]1CC. The maximum Gasteiger partial charge on any atom is 0.256 e. The molecule has 0 unspecified atom stereocenters. The maximum absolute atomic E-state index is 12.7. The number of hydrogen-bond acceptors (Lipinski definition) is 2. The van der Waals surface area contributed by atoms with Crippen molar-refractivity contribution in [3.8, 4) is 0 Å². The van der Waals surface area contributed by atoms with Crippen molar-refractivity contribution in [3.63, 3.8) is 0 Å². The number of nitrogens with one attached hydrogen (secondary N) is 1. The molecule has 4 heteroatoms. The lowest BCUT2D eigenvalue weighted by Crippen LogP contribution is -2.45. The molecule has 0 radical (unpaired) electrons. The first-order valence-corrected chi connectivity index (χ1v) is 7.89. The normalized spacial score (nSPS) is 18.2. The van der Waals surface area contributed by atoms with Gasteiger partial charge >= 0.3 is 0 Å². The summed E-state index contributed by atoms with van der Waals surface area (Å²) >= 11 is 0. The first-order chi connectivity index (χ1) is 10.2. The molecule has 4 nitrogen and oxygen atoms in total. The maximum atomic E-state index is 12.7. The van der Waals surface area contributed by atoms with Gasteiger partial charge in [-0.1, -0.05) is 45.2 Å². The second-order valence-electron chi connectivity index (χ2n) is 5.52. The molecule has 0 saturated heterocycles. The van der Waals surface area contributed by atoms with Crippen molar-refractivity contribution in [2.75, 3.05) is 11.9 Å². The molecule has 2 rings (SSSR count). The number of benzene rings is 1. The van der Waals surface area contributed by atoms with E-state index in [1.165, 1.54) is 6.42 Å². The zero-order valence-electron chi connectivity index (χ0n) is 12.9. The number of unbranched alkanes of at least 4 members (excludes halogenated alkanes) is 3. The molecule has 1 aliphatic rings. The Morgan fingerprint density at radius 3 is 2.57 bits per heavy atom. The molecule has 0 aliphatic carbocycles. The lowest BCUT2D eigenvalue weighted by atomic mass is 10.1. The predicted octanol–water partition coefficient (Wildman–Crippen LogP) is 3.44. The topological polar surface area (TPSA) is 49.4 Å². The van der Waals surface area contributed by atoms with Crippen LogP contribution in [-0.4, -0.2) is 29.3 Å². The van der Waals surface area contributed by atoms with E-state index in [4.69, 9.17) is 0 Å². The Kier molecular flexibility index (Phi) is 5.37. The highest BCUT2D eigenvalue weighted by molar-refractivity contribution is 6.09. The van der Waals surface area contributed by atoms with Gasteiger partial charge in [-0.3, -0.25) is 9.59 Å². The van der Waals surface area contributed by atoms with E-state index in [1.54, 1.807) is 17.0 Å². The van der Waals surface area contributed by atoms with E-state index >= 15 is 0 Å². The fraction of sp³-hybridized carbons (Fsp3) is 0.529. The minimum Gasteiger partial charge on any atom is -0.327 e. The first-order valence-electron chi connectivity index (χ1n) is 7.89. The van der Waals surface area contributed by atoms with Crippen LogP contribution in [-0.2, 0) is 4.79 Å². The lowest BCUT2D eigenvalue weighted by Gasteiger charge is -2.27. The largest absolute Gasteiger partial charge is 0.327 e. The number of anilines is 1. The fourth-order valence-corrected chi connectivity index (χ4v) is 2.80. The third kappa shape index (κ3) is 3.43. The van der Waals surface area contributed by atoms with E-state index in [9.17, 15) is 9.59 Å². The summed E-state index contributed by atoms with van der Waals surface area (Å²) in [6, 6.07) is 6.88. The molecular formula is C17H24N2O2. The number of carbonyl (C=O) groups excluding carboxylic acids is 2. The van der Waals surface area contributed by atoms with Gasteiger partial charge in [-0.2, -0.15) is 0 Å². The summed E-state index contributed by atoms with van der Waals surface area (Å²) < 4.78 is 0. The number of fused-ring (bicyclic) bond motifs is 1. The van der Waals surface area contributed by atoms with Crippen molar-refractivity contribution in [2.24, 2.45) is 0 Å². The van der Waals surface area contributed by atoms with Crippen molar-refractivity contribution in [1.82, 2.24) is 4.90 Å². The molecule has 0 aromatic heterocycles. The van der Waals surface area contributed by atoms with Crippen LogP contribution in [0.1, 0.15) is 56.3 Å². The van der Waals surface area contributed by atoms with Gasteiger partial charge in [-0.15, -0.1) is 0 Å². The summed E-state index contributed by atoms with van der Waals surface area (Å²) in [5.41, 5.74) is 1.22. The zero-order chi connectivity index (χ0) is 15.2. The summed E-state index contributed by atoms with van der Waals surface area (Å²) in [5.74, 6) is -0.112. The van der Waals surface area contributed by atoms with Crippen molar-refractivity contribution in [2.45, 2.75) is 52.0 Å². The summed E-state index contributed by atoms with van der Waals surface area (Å²) in [5, 5.41) is 2.88. The van der Waals surface area contributed by atoms with Crippen molar-refractivity contribution in [3.05, 3.63) is 29.8 Å². The summed E-state index contributed by atoms with van der Waals surface area (Å²) in [7, 11) is 0. The number of rotatable bonds is 6. The van der Waals surface area contributed by atoms with E-state index in [1.807, 2.05) is 19.1 Å². The van der Waals surface area contributed by atoms with Crippen LogP contribution in [0.2, 0.25) is 0 Å². The van der Waals surface area contributed by atoms with Gasteiger partial charge < -0.3 is 10.2 Å². The van der Waals surface area contributed by atoms with Crippen LogP contribution < -0.4 is 5.32 Å². The van der Waals surface area contributed by atoms with E-state index in [0.717, 1.165) is 19.3 Å². The Labute approximate surface area is 126 Å². The quantitative estimate of drug-likeness (QED) is 0.815. The molecule has 0 saturated carbocycles. The number of hydrogen-bond donors (Lipinski definition) is 1. The Morgan fingerprint density at radius 1 is 1.10 bits per heavy atom. The van der Waals surface area contributed by atoms with E-state index < -0.39 is 0 Å². The van der Waals surface area contributed by atoms with E-state index in [2.05, 4.69) is 12.2 Å². The van der Waals surface area contributed by atoms with Crippen LogP contribution in [0.3, 0.4) is 0 Å². The monoisotopic (exact) mass is 288 g/mol. The van der Waals surface area contributed by atoms with E-state index in [-0.39, 0.29) is 17.9 Å². The average molecular weight is 288 g/mol. The van der Waals surface area contributed by atoms with Gasteiger partial charge in [0.05, 0.1) is 11.3 Å². The number of amides is 2. The van der Waals surface area contributed by atoms with Crippen LogP contribution >= 0.6 is 0 Å². The molecule has 1 heterocycles. The Bertz CT molecular complexity index is 513. The molecule has 1 N–H and O–H groups in total. The highest BCUT2D eigenvalue weighted by Gasteiger charge is 2.33. The number of para-hydroxylation sites is 1. The van der Waals surface area contributed by atoms with Crippen LogP contribution in [0.25, 0.3) is 0 Å². The molecule has 0 bridgehead atoms.